The van der Waals surface area contributed by atoms with Crippen molar-refractivity contribution in [2.75, 3.05) is 23.7 Å². The SMILES string of the molecule is CCNc1cncc(NCC(O)C(F)(F)F)n1. The van der Waals surface area contributed by atoms with Gasteiger partial charge in [-0.25, -0.2) is 4.98 Å². The number of aromatic nitrogens is 2. The monoisotopic (exact) mass is 250 g/mol. The van der Waals surface area contributed by atoms with Gasteiger partial charge in [0.15, 0.2) is 6.10 Å². The average Bonchev–Trinajstić information content (AvgIpc) is 2.25. The summed E-state index contributed by atoms with van der Waals surface area (Å²) in [6.45, 7) is 1.83. The van der Waals surface area contributed by atoms with Gasteiger partial charge in [-0.2, -0.15) is 13.2 Å². The molecular weight excluding hydrogens is 237 g/mol. The Hall–Kier alpha value is -1.57. The van der Waals surface area contributed by atoms with Crippen molar-refractivity contribution in [3.05, 3.63) is 12.4 Å². The van der Waals surface area contributed by atoms with Crippen molar-refractivity contribution in [3.63, 3.8) is 0 Å². The lowest BCUT2D eigenvalue weighted by molar-refractivity contribution is -0.198. The number of halogens is 3. The molecule has 0 saturated heterocycles. The van der Waals surface area contributed by atoms with Gasteiger partial charge < -0.3 is 15.7 Å². The minimum absolute atomic E-state index is 0.173. The largest absolute Gasteiger partial charge is 0.416 e. The van der Waals surface area contributed by atoms with Crippen molar-refractivity contribution in [1.82, 2.24) is 9.97 Å². The lowest BCUT2D eigenvalue weighted by atomic mass is 10.3. The van der Waals surface area contributed by atoms with Gasteiger partial charge in [0.2, 0.25) is 0 Å². The predicted octanol–water partition coefficient (Wildman–Crippen LogP) is 1.24. The van der Waals surface area contributed by atoms with Crippen LogP contribution >= 0.6 is 0 Å². The van der Waals surface area contributed by atoms with E-state index >= 15 is 0 Å². The van der Waals surface area contributed by atoms with Crippen LogP contribution in [0.3, 0.4) is 0 Å². The molecule has 0 aromatic carbocycles. The first kappa shape index (κ1) is 13.5. The first-order chi connectivity index (χ1) is 7.93. The third-order valence-electron chi connectivity index (χ3n) is 1.85. The molecule has 0 radical (unpaired) electrons. The molecule has 3 N–H and O–H groups in total. The van der Waals surface area contributed by atoms with Crippen LogP contribution in [0.5, 0.6) is 0 Å². The number of hydrogen-bond acceptors (Lipinski definition) is 5. The van der Waals surface area contributed by atoms with Gasteiger partial charge >= 0.3 is 6.18 Å². The van der Waals surface area contributed by atoms with Crippen LogP contribution in [0.15, 0.2) is 12.4 Å². The smallest absolute Gasteiger partial charge is 0.382 e. The van der Waals surface area contributed by atoms with Gasteiger partial charge in [0.05, 0.1) is 18.9 Å². The number of alkyl halides is 3. The van der Waals surface area contributed by atoms with Crippen molar-refractivity contribution in [2.45, 2.75) is 19.2 Å². The molecule has 1 rings (SSSR count). The van der Waals surface area contributed by atoms with E-state index < -0.39 is 18.8 Å². The molecule has 1 aromatic rings. The summed E-state index contributed by atoms with van der Waals surface area (Å²) in [5, 5.41) is 14.0. The highest BCUT2D eigenvalue weighted by Crippen LogP contribution is 2.20. The molecule has 96 valence electrons. The molecule has 1 unspecified atom stereocenters. The van der Waals surface area contributed by atoms with Gasteiger partial charge in [0.1, 0.15) is 11.6 Å². The molecule has 0 aliphatic rings. The maximum absolute atomic E-state index is 12.0. The number of hydrogen-bond donors (Lipinski definition) is 3. The Morgan fingerprint density at radius 2 is 1.88 bits per heavy atom. The Kier molecular flexibility index (Phi) is 4.50. The topological polar surface area (TPSA) is 70.1 Å². The van der Waals surface area contributed by atoms with Gasteiger partial charge in [-0.1, -0.05) is 0 Å². The number of aliphatic hydroxyl groups excluding tert-OH is 1. The number of aliphatic hydroxyl groups is 1. The molecule has 1 aromatic heterocycles. The fourth-order valence-electron chi connectivity index (χ4n) is 1.03. The molecule has 0 aliphatic carbocycles. The van der Waals surface area contributed by atoms with E-state index in [1.165, 1.54) is 12.4 Å². The molecular formula is C9H13F3N4O. The van der Waals surface area contributed by atoms with Crippen molar-refractivity contribution >= 4 is 11.6 Å². The van der Waals surface area contributed by atoms with Crippen molar-refractivity contribution in [2.24, 2.45) is 0 Å². The summed E-state index contributed by atoms with van der Waals surface area (Å²) in [5.74, 6) is 0.630. The second-order valence-corrected chi connectivity index (χ2v) is 3.26. The zero-order chi connectivity index (χ0) is 12.9. The quantitative estimate of drug-likeness (QED) is 0.733. The number of nitrogens with one attached hydrogen (secondary N) is 2. The Bertz CT molecular complexity index is 358. The molecule has 0 aliphatic heterocycles. The fraction of sp³-hybridized carbons (Fsp3) is 0.556. The normalized spacial score (nSPS) is 13.2. The Balaban J connectivity index is 2.54. The molecule has 5 nitrogen and oxygen atoms in total. The van der Waals surface area contributed by atoms with Crippen LogP contribution < -0.4 is 10.6 Å². The van der Waals surface area contributed by atoms with E-state index in [1.807, 2.05) is 6.92 Å². The first-order valence-electron chi connectivity index (χ1n) is 4.98. The summed E-state index contributed by atoms with van der Waals surface area (Å²) in [7, 11) is 0. The molecule has 0 saturated carbocycles. The average molecular weight is 250 g/mol. The molecule has 17 heavy (non-hydrogen) atoms. The van der Waals surface area contributed by atoms with E-state index in [9.17, 15) is 13.2 Å². The Morgan fingerprint density at radius 3 is 2.41 bits per heavy atom. The third kappa shape index (κ3) is 4.43. The summed E-state index contributed by atoms with van der Waals surface area (Å²) < 4.78 is 36.0. The summed E-state index contributed by atoms with van der Waals surface area (Å²) >= 11 is 0. The summed E-state index contributed by atoms with van der Waals surface area (Å²) in [6.07, 6.45) is -4.33. The van der Waals surface area contributed by atoms with Gasteiger partial charge in [-0.3, -0.25) is 4.98 Å². The minimum atomic E-state index is -4.64. The lowest BCUT2D eigenvalue weighted by Crippen LogP contribution is -2.35. The van der Waals surface area contributed by atoms with E-state index in [2.05, 4.69) is 20.6 Å². The van der Waals surface area contributed by atoms with Crippen LogP contribution in [-0.4, -0.2) is 40.4 Å². The van der Waals surface area contributed by atoms with Crippen molar-refractivity contribution < 1.29 is 18.3 Å². The summed E-state index contributed by atoms with van der Waals surface area (Å²) in [6, 6.07) is 0. The Labute approximate surface area is 96.1 Å². The van der Waals surface area contributed by atoms with Crippen LogP contribution in [0.25, 0.3) is 0 Å². The van der Waals surface area contributed by atoms with Crippen molar-refractivity contribution in [1.29, 1.82) is 0 Å². The second-order valence-electron chi connectivity index (χ2n) is 3.26. The highest BCUT2D eigenvalue weighted by molar-refractivity contribution is 5.41. The standard InChI is InChI=1S/C9H13F3N4O/c1-2-14-7-4-13-5-8(16-7)15-3-6(17)9(10,11)12/h4-6,17H,2-3H2,1H3,(H2,14,15,16). The van der Waals surface area contributed by atoms with Crippen LogP contribution in [0, 0.1) is 0 Å². The summed E-state index contributed by atoms with van der Waals surface area (Å²) in [4.78, 5) is 7.75. The van der Waals surface area contributed by atoms with E-state index in [0.29, 0.717) is 12.4 Å². The fourth-order valence-corrected chi connectivity index (χ4v) is 1.03. The zero-order valence-corrected chi connectivity index (χ0v) is 9.12. The second kappa shape index (κ2) is 5.67. The molecule has 8 heteroatoms. The highest BCUT2D eigenvalue weighted by atomic mass is 19.4. The van der Waals surface area contributed by atoms with E-state index in [1.54, 1.807) is 0 Å². The first-order valence-corrected chi connectivity index (χ1v) is 4.98. The maximum Gasteiger partial charge on any atom is 0.416 e. The van der Waals surface area contributed by atoms with Crippen LogP contribution in [0.4, 0.5) is 24.8 Å². The third-order valence-corrected chi connectivity index (χ3v) is 1.85. The molecule has 1 atom stereocenters. The Morgan fingerprint density at radius 1 is 1.29 bits per heavy atom. The van der Waals surface area contributed by atoms with Gasteiger partial charge in [0.25, 0.3) is 0 Å². The van der Waals surface area contributed by atoms with Crippen LogP contribution in [0.2, 0.25) is 0 Å². The molecule has 0 bridgehead atoms. The lowest BCUT2D eigenvalue weighted by Gasteiger charge is -2.15. The molecule has 0 fully saturated rings. The van der Waals surface area contributed by atoms with E-state index in [4.69, 9.17) is 5.11 Å². The van der Waals surface area contributed by atoms with Crippen LogP contribution in [0.1, 0.15) is 6.92 Å². The molecule has 0 amide bonds. The molecule has 1 heterocycles. The maximum atomic E-state index is 12.0. The van der Waals surface area contributed by atoms with Gasteiger partial charge in [-0.15, -0.1) is 0 Å². The minimum Gasteiger partial charge on any atom is -0.382 e. The zero-order valence-electron chi connectivity index (χ0n) is 9.12. The van der Waals surface area contributed by atoms with Gasteiger partial charge in [-0.05, 0) is 6.92 Å². The number of rotatable bonds is 5. The summed E-state index contributed by atoms with van der Waals surface area (Å²) in [5.41, 5.74) is 0. The highest BCUT2D eigenvalue weighted by Gasteiger charge is 2.37. The predicted molar refractivity (Wildman–Crippen MR) is 56.7 cm³/mol. The van der Waals surface area contributed by atoms with Gasteiger partial charge in [0, 0.05) is 6.54 Å². The van der Waals surface area contributed by atoms with E-state index in [-0.39, 0.29) is 5.82 Å². The van der Waals surface area contributed by atoms with Crippen LogP contribution in [-0.2, 0) is 0 Å². The molecule has 0 spiro atoms. The van der Waals surface area contributed by atoms with Crippen molar-refractivity contribution in [3.8, 4) is 0 Å². The van der Waals surface area contributed by atoms with E-state index in [0.717, 1.165) is 0 Å². The number of anilines is 2. The number of nitrogens with zero attached hydrogens (tertiary/aromatic N) is 2.